The maximum absolute atomic E-state index is 12.7. The van der Waals surface area contributed by atoms with Gasteiger partial charge in [0.1, 0.15) is 5.75 Å². The maximum Gasteiger partial charge on any atom is 0.226 e. The molecule has 0 saturated carbocycles. The quantitative estimate of drug-likeness (QED) is 0.673. The third-order valence-corrected chi connectivity index (χ3v) is 6.74. The van der Waals surface area contributed by atoms with Gasteiger partial charge in [-0.15, -0.1) is 0 Å². The second-order valence-corrected chi connectivity index (χ2v) is 9.69. The monoisotopic (exact) mass is 421 g/mol. The van der Waals surface area contributed by atoms with Crippen LogP contribution in [0, 0.1) is 11.3 Å². The van der Waals surface area contributed by atoms with Crippen LogP contribution < -0.4 is 4.74 Å². The van der Waals surface area contributed by atoms with Gasteiger partial charge in [-0.3, -0.25) is 14.7 Å². The molecule has 1 aromatic heterocycles. The van der Waals surface area contributed by atoms with E-state index in [1.807, 2.05) is 12.1 Å². The number of rotatable bonds is 7. The number of amides is 1. The molecule has 0 aliphatic carbocycles. The lowest BCUT2D eigenvalue weighted by atomic mass is 9.77. The summed E-state index contributed by atoms with van der Waals surface area (Å²) < 4.78 is 6.06. The van der Waals surface area contributed by atoms with Crippen molar-refractivity contribution in [2.75, 3.05) is 32.8 Å². The first-order valence-corrected chi connectivity index (χ1v) is 11.6. The number of hydrogen-bond donors (Lipinski definition) is 0. The first-order chi connectivity index (χ1) is 15.0. The third kappa shape index (κ3) is 5.65. The van der Waals surface area contributed by atoms with Gasteiger partial charge in [-0.2, -0.15) is 0 Å². The Bertz CT molecular complexity index is 860. The Morgan fingerprint density at radius 3 is 2.52 bits per heavy atom. The van der Waals surface area contributed by atoms with Gasteiger partial charge >= 0.3 is 0 Å². The minimum absolute atomic E-state index is 0.243. The van der Waals surface area contributed by atoms with Crippen LogP contribution in [-0.2, 0) is 17.8 Å². The summed E-state index contributed by atoms with van der Waals surface area (Å²) in [6.07, 6.45) is 7.44. The average molecular weight is 422 g/mol. The van der Waals surface area contributed by atoms with Gasteiger partial charge in [-0.1, -0.05) is 32.0 Å². The SMILES string of the molecule is CC(C)COc1ccccc1CN1CCC2(CCN(C(=O)Cc3ccncc3)CC2)C1. The van der Waals surface area contributed by atoms with Gasteiger partial charge in [-0.25, -0.2) is 0 Å². The molecule has 2 aliphatic heterocycles. The molecule has 166 valence electrons. The van der Waals surface area contributed by atoms with E-state index in [4.69, 9.17) is 4.74 Å². The summed E-state index contributed by atoms with van der Waals surface area (Å²) in [5, 5.41) is 0. The smallest absolute Gasteiger partial charge is 0.226 e. The molecule has 31 heavy (non-hydrogen) atoms. The van der Waals surface area contributed by atoms with Gasteiger partial charge < -0.3 is 9.64 Å². The van der Waals surface area contributed by atoms with Crippen molar-refractivity contribution in [3.05, 3.63) is 59.9 Å². The molecule has 5 nitrogen and oxygen atoms in total. The van der Waals surface area contributed by atoms with E-state index in [2.05, 4.69) is 52.9 Å². The zero-order valence-electron chi connectivity index (χ0n) is 18.9. The summed E-state index contributed by atoms with van der Waals surface area (Å²) >= 11 is 0. The zero-order valence-corrected chi connectivity index (χ0v) is 18.9. The van der Waals surface area contributed by atoms with E-state index in [1.165, 1.54) is 12.0 Å². The highest BCUT2D eigenvalue weighted by atomic mass is 16.5. The number of aromatic nitrogens is 1. The highest BCUT2D eigenvalue weighted by Crippen LogP contribution is 2.41. The molecule has 2 fully saturated rings. The van der Waals surface area contributed by atoms with Crippen molar-refractivity contribution in [3.8, 4) is 5.75 Å². The number of hydrogen-bond acceptors (Lipinski definition) is 4. The van der Waals surface area contributed by atoms with Crippen molar-refractivity contribution in [1.29, 1.82) is 0 Å². The Morgan fingerprint density at radius 1 is 1.06 bits per heavy atom. The first-order valence-electron chi connectivity index (χ1n) is 11.6. The van der Waals surface area contributed by atoms with Gasteiger partial charge in [0.25, 0.3) is 0 Å². The van der Waals surface area contributed by atoms with Crippen molar-refractivity contribution < 1.29 is 9.53 Å². The summed E-state index contributed by atoms with van der Waals surface area (Å²) in [5.41, 5.74) is 2.69. The van der Waals surface area contributed by atoms with Crippen LogP contribution in [0.15, 0.2) is 48.8 Å². The fourth-order valence-electron chi connectivity index (χ4n) is 4.86. The van der Waals surface area contributed by atoms with Gasteiger partial charge in [-0.05, 0) is 60.9 Å². The van der Waals surface area contributed by atoms with Crippen LogP contribution in [0.4, 0.5) is 0 Å². The molecule has 1 spiro atoms. The highest BCUT2D eigenvalue weighted by Gasteiger charge is 2.41. The molecule has 1 aromatic carbocycles. The van der Waals surface area contributed by atoms with Crippen LogP contribution in [-0.4, -0.2) is 53.5 Å². The van der Waals surface area contributed by atoms with Crippen LogP contribution in [0.2, 0.25) is 0 Å². The summed E-state index contributed by atoms with van der Waals surface area (Å²) in [5.74, 6) is 1.79. The number of carbonyl (C=O) groups is 1. The molecule has 0 bridgehead atoms. The minimum Gasteiger partial charge on any atom is -0.493 e. The predicted molar refractivity (Wildman–Crippen MR) is 123 cm³/mol. The van der Waals surface area contributed by atoms with Crippen LogP contribution in [0.3, 0.4) is 0 Å². The molecule has 2 saturated heterocycles. The molecule has 1 amide bonds. The van der Waals surface area contributed by atoms with E-state index in [9.17, 15) is 4.79 Å². The summed E-state index contributed by atoms with van der Waals surface area (Å²) in [4.78, 5) is 21.4. The Balaban J connectivity index is 1.29. The van der Waals surface area contributed by atoms with Crippen molar-refractivity contribution in [3.63, 3.8) is 0 Å². The lowest BCUT2D eigenvalue weighted by molar-refractivity contribution is -0.132. The normalized spacial score (nSPS) is 18.6. The largest absolute Gasteiger partial charge is 0.493 e. The lowest BCUT2D eigenvalue weighted by Gasteiger charge is -2.39. The van der Waals surface area contributed by atoms with Gasteiger partial charge in [0.05, 0.1) is 13.0 Å². The topological polar surface area (TPSA) is 45.7 Å². The molecule has 2 aliphatic rings. The van der Waals surface area contributed by atoms with E-state index in [1.54, 1.807) is 12.4 Å². The summed E-state index contributed by atoms with van der Waals surface area (Å²) in [6, 6.07) is 12.3. The third-order valence-electron chi connectivity index (χ3n) is 6.74. The van der Waals surface area contributed by atoms with Crippen molar-refractivity contribution >= 4 is 5.91 Å². The number of ether oxygens (including phenoxy) is 1. The number of piperidine rings is 1. The van der Waals surface area contributed by atoms with E-state index < -0.39 is 0 Å². The number of carbonyl (C=O) groups excluding carboxylic acids is 1. The van der Waals surface area contributed by atoms with Crippen LogP contribution in [0.1, 0.15) is 44.2 Å². The van der Waals surface area contributed by atoms with Gasteiger partial charge in [0, 0.05) is 44.1 Å². The highest BCUT2D eigenvalue weighted by molar-refractivity contribution is 5.78. The average Bonchev–Trinajstić information content (AvgIpc) is 3.16. The summed E-state index contributed by atoms with van der Waals surface area (Å²) in [7, 11) is 0. The molecule has 2 aromatic rings. The van der Waals surface area contributed by atoms with E-state index >= 15 is 0 Å². The zero-order chi connectivity index (χ0) is 21.7. The Labute approximate surface area is 186 Å². The lowest BCUT2D eigenvalue weighted by Crippen LogP contribution is -2.44. The number of para-hydroxylation sites is 1. The van der Waals surface area contributed by atoms with E-state index in [0.29, 0.717) is 17.8 Å². The Hall–Kier alpha value is -2.40. The molecule has 5 heteroatoms. The fraction of sp³-hybridized carbons (Fsp3) is 0.538. The van der Waals surface area contributed by atoms with E-state index in [-0.39, 0.29) is 5.91 Å². The number of pyridine rings is 1. The van der Waals surface area contributed by atoms with Gasteiger partial charge in [0.15, 0.2) is 0 Å². The van der Waals surface area contributed by atoms with E-state index in [0.717, 1.165) is 63.5 Å². The molecule has 0 unspecified atom stereocenters. The second kappa shape index (κ2) is 9.82. The number of benzene rings is 1. The fourth-order valence-corrected chi connectivity index (χ4v) is 4.86. The maximum atomic E-state index is 12.7. The Kier molecular flexibility index (Phi) is 6.91. The minimum atomic E-state index is 0.243. The molecule has 0 atom stereocenters. The molecular formula is C26H35N3O2. The van der Waals surface area contributed by atoms with Crippen molar-refractivity contribution in [1.82, 2.24) is 14.8 Å². The molecule has 4 rings (SSSR count). The van der Waals surface area contributed by atoms with Crippen molar-refractivity contribution in [2.24, 2.45) is 11.3 Å². The first kappa shape index (κ1) is 21.8. The predicted octanol–water partition coefficient (Wildman–Crippen LogP) is 4.17. The van der Waals surface area contributed by atoms with Crippen LogP contribution >= 0.6 is 0 Å². The number of likely N-dealkylation sites (tertiary alicyclic amines) is 2. The molecule has 0 radical (unpaired) electrons. The summed E-state index contributed by atoms with van der Waals surface area (Å²) in [6.45, 7) is 10.1. The molecule has 0 N–H and O–H groups in total. The van der Waals surface area contributed by atoms with Crippen LogP contribution in [0.25, 0.3) is 0 Å². The number of nitrogens with zero attached hydrogens (tertiary/aromatic N) is 3. The van der Waals surface area contributed by atoms with Gasteiger partial charge in [0.2, 0.25) is 5.91 Å². The van der Waals surface area contributed by atoms with Crippen LogP contribution in [0.5, 0.6) is 5.75 Å². The molecule has 3 heterocycles. The molecular weight excluding hydrogens is 386 g/mol. The standard InChI is InChI=1S/C26H35N3O2/c1-21(2)19-31-24-6-4-3-5-23(24)18-28-14-9-26(20-28)10-15-29(16-11-26)25(30)17-22-7-12-27-13-8-22/h3-8,12-13,21H,9-11,14-20H2,1-2H3. The second-order valence-electron chi connectivity index (χ2n) is 9.69. The van der Waals surface area contributed by atoms with Crippen molar-refractivity contribution in [2.45, 2.75) is 46.1 Å². The Morgan fingerprint density at radius 2 is 1.77 bits per heavy atom.